The Morgan fingerprint density at radius 2 is 1.31 bits per heavy atom. The van der Waals surface area contributed by atoms with Crippen molar-refractivity contribution in [1.82, 2.24) is 0 Å². The molecule has 0 aliphatic heterocycles. The lowest BCUT2D eigenvalue weighted by Crippen LogP contribution is -2.40. The fourth-order valence-corrected chi connectivity index (χ4v) is 4.70. The summed E-state index contributed by atoms with van der Waals surface area (Å²) in [4.78, 5) is 37.6. The standard InChI is InChI=1S/C29H21NO5/c1-17-15-23(18(2)31)19-9-3-4-10-20(19)28(17)35-29(34)27-21-11-5-7-13-24(21)30(16-26(32)33)25-14-8-6-12-22(25)27/h3-15H,16H2,1-2H3/p+1. The van der Waals surface area contributed by atoms with Gasteiger partial charge in [0.2, 0.25) is 17.6 Å². The first-order valence-corrected chi connectivity index (χ1v) is 11.2. The maximum atomic E-state index is 13.8. The predicted octanol–water partition coefficient (Wildman–Crippen LogP) is 5.25. The minimum atomic E-state index is -0.978. The van der Waals surface area contributed by atoms with Crippen LogP contribution < -0.4 is 9.30 Å². The van der Waals surface area contributed by atoms with Crippen molar-refractivity contribution >= 4 is 50.3 Å². The molecule has 0 fully saturated rings. The number of carbonyl (C=O) groups is 3. The Morgan fingerprint density at radius 3 is 1.86 bits per heavy atom. The number of aliphatic carboxylic acids is 1. The summed E-state index contributed by atoms with van der Waals surface area (Å²) >= 11 is 0. The second-order valence-electron chi connectivity index (χ2n) is 8.45. The van der Waals surface area contributed by atoms with Gasteiger partial charge in [-0.3, -0.25) is 4.79 Å². The number of carboxylic acids is 1. The number of pyridine rings is 1. The molecule has 1 heterocycles. The molecule has 0 saturated carbocycles. The molecule has 1 N–H and O–H groups in total. The summed E-state index contributed by atoms with van der Waals surface area (Å²) in [5.74, 6) is -1.20. The average molecular weight is 464 g/mol. The van der Waals surface area contributed by atoms with Crippen LogP contribution in [0.3, 0.4) is 0 Å². The zero-order valence-corrected chi connectivity index (χ0v) is 19.2. The number of rotatable bonds is 5. The van der Waals surface area contributed by atoms with Crippen molar-refractivity contribution in [2.24, 2.45) is 0 Å². The van der Waals surface area contributed by atoms with Crippen molar-refractivity contribution in [2.75, 3.05) is 0 Å². The average Bonchev–Trinajstić information content (AvgIpc) is 2.85. The third-order valence-corrected chi connectivity index (χ3v) is 6.18. The van der Waals surface area contributed by atoms with E-state index in [9.17, 15) is 19.5 Å². The number of carbonyl (C=O) groups excluding carboxylic acids is 2. The Kier molecular flexibility index (Phi) is 5.49. The fraction of sp³-hybridized carbons (Fsp3) is 0.103. The summed E-state index contributed by atoms with van der Waals surface area (Å²) in [7, 11) is 0. The first-order chi connectivity index (χ1) is 16.9. The minimum Gasteiger partial charge on any atom is -0.477 e. The van der Waals surface area contributed by atoms with Gasteiger partial charge >= 0.3 is 11.9 Å². The van der Waals surface area contributed by atoms with Crippen LogP contribution in [0, 0.1) is 6.92 Å². The van der Waals surface area contributed by atoms with Crippen LogP contribution in [0.15, 0.2) is 78.9 Å². The van der Waals surface area contributed by atoms with Gasteiger partial charge < -0.3 is 9.84 Å². The van der Waals surface area contributed by atoms with Crippen molar-refractivity contribution in [3.8, 4) is 5.75 Å². The minimum absolute atomic E-state index is 0.0646. The summed E-state index contributed by atoms with van der Waals surface area (Å²) in [6, 6.07) is 23.5. The number of ketones is 1. The first kappa shape index (κ1) is 22.2. The molecule has 1 aromatic heterocycles. The lowest BCUT2D eigenvalue weighted by Gasteiger charge is -2.15. The van der Waals surface area contributed by atoms with Crippen molar-refractivity contribution in [3.05, 3.63) is 95.6 Å². The fourth-order valence-electron chi connectivity index (χ4n) is 4.70. The van der Waals surface area contributed by atoms with Gasteiger partial charge in [0.05, 0.1) is 16.3 Å². The monoisotopic (exact) mass is 464 g/mol. The number of fused-ring (bicyclic) bond motifs is 3. The van der Waals surface area contributed by atoms with Gasteiger partial charge in [0.25, 0.3) is 0 Å². The first-order valence-electron chi connectivity index (χ1n) is 11.2. The molecule has 0 saturated heterocycles. The molecule has 0 spiro atoms. The number of ether oxygens (including phenoxy) is 1. The van der Waals surface area contributed by atoms with Gasteiger partial charge in [0.15, 0.2) is 5.78 Å². The normalized spacial score (nSPS) is 11.1. The van der Waals surface area contributed by atoms with Crippen LogP contribution in [0.5, 0.6) is 5.75 Å². The number of nitrogens with zero attached hydrogens (tertiary/aromatic N) is 1. The second-order valence-corrected chi connectivity index (χ2v) is 8.45. The molecule has 5 aromatic rings. The Hall–Kier alpha value is -4.58. The largest absolute Gasteiger partial charge is 0.477 e. The number of aromatic nitrogens is 1. The summed E-state index contributed by atoms with van der Waals surface area (Å²) in [6.45, 7) is 3.08. The molecule has 0 amide bonds. The summed E-state index contributed by atoms with van der Waals surface area (Å²) < 4.78 is 7.73. The Morgan fingerprint density at radius 1 is 0.800 bits per heavy atom. The van der Waals surface area contributed by atoms with Gasteiger partial charge in [-0.25, -0.2) is 9.59 Å². The van der Waals surface area contributed by atoms with Crippen LogP contribution in [0.4, 0.5) is 0 Å². The number of Topliss-reactive ketones (excluding diaryl/α,β-unsaturated/α-hetero) is 1. The molecule has 35 heavy (non-hydrogen) atoms. The molecule has 172 valence electrons. The van der Waals surface area contributed by atoms with Gasteiger partial charge in [0, 0.05) is 23.1 Å². The number of carboxylic acid groups (broad SMARTS) is 1. The molecule has 0 aliphatic rings. The Balaban J connectivity index is 1.75. The third kappa shape index (κ3) is 3.79. The van der Waals surface area contributed by atoms with Crippen LogP contribution in [0.1, 0.15) is 33.2 Å². The van der Waals surface area contributed by atoms with Crippen LogP contribution in [-0.4, -0.2) is 22.8 Å². The Labute approximate surface area is 201 Å². The van der Waals surface area contributed by atoms with E-state index in [-0.39, 0.29) is 12.3 Å². The highest BCUT2D eigenvalue weighted by atomic mass is 16.5. The molecule has 0 aliphatic carbocycles. The van der Waals surface area contributed by atoms with E-state index in [0.717, 1.165) is 5.39 Å². The smallest absolute Gasteiger partial charge is 0.370 e. The van der Waals surface area contributed by atoms with Gasteiger partial charge in [0.1, 0.15) is 5.75 Å². The SMILES string of the molecule is CC(=O)c1cc(C)c(OC(=O)c2c3ccccc3[n+](CC(=O)O)c3ccccc23)c2ccccc12. The van der Waals surface area contributed by atoms with Crippen LogP contribution in [0.25, 0.3) is 32.6 Å². The van der Waals surface area contributed by atoms with E-state index in [1.807, 2.05) is 43.3 Å². The van der Waals surface area contributed by atoms with Gasteiger partial charge in [-0.2, -0.15) is 4.57 Å². The van der Waals surface area contributed by atoms with E-state index < -0.39 is 11.9 Å². The molecule has 0 radical (unpaired) electrons. The molecule has 6 heteroatoms. The number of benzene rings is 4. The topological polar surface area (TPSA) is 84.6 Å². The van der Waals surface area contributed by atoms with Crippen molar-refractivity contribution in [2.45, 2.75) is 20.4 Å². The number of para-hydroxylation sites is 2. The molecule has 0 atom stereocenters. The second kappa shape index (κ2) is 8.65. The van der Waals surface area contributed by atoms with E-state index >= 15 is 0 Å². The van der Waals surface area contributed by atoms with E-state index in [1.54, 1.807) is 47.0 Å². The van der Waals surface area contributed by atoms with Crippen LogP contribution >= 0.6 is 0 Å². The highest BCUT2D eigenvalue weighted by Gasteiger charge is 2.27. The van der Waals surface area contributed by atoms with Crippen LogP contribution in [0.2, 0.25) is 0 Å². The zero-order chi connectivity index (χ0) is 24.7. The number of esters is 1. The maximum Gasteiger partial charge on any atom is 0.370 e. The molecule has 0 bridgehead atoms. The lowest BCUT2D eigenvalue weighted by atomic mass is 9.97. The summed E-state index contributed by atoms with van der Waals surface area (Å²) in [5, 5.41) is 12.1. The van der Waals surface area contributed by atoms with Gasteiger partial charge in [-0.1, -0.05) is 48.5 Å². The van der Waals surface area contributed by atoms with E-state index in [4.69, 9.17) is 4.74 Å². The van der Waals surface area contributed by atoms with Gasteiger partial charge in [-0.05, 0) is 43.0 Å². The molecule has 5 rings (SSSR count). The lowest BCUT2D eigenvalue weighted by molar-refractivity contribution is -0.633. The number of aryl methyl sites for hydroxylation is 1. The predicted molar refractivity (Wildman–Crippen MR) is 133 cm³/mol. The van der Waals surface area contributed by atoms with Crippen LogP contribution in [-0.2, 0) is 11.3 Å². The summed E-state index contributed by atoms with van der Waals surface area (Å²) in [6.07, 6.45) is 0. The molecular weight excluding hydrogens is 442 g/mol. The number of hydrogen-bond acceptors (Lipinski definition) is 4. The zero-order valence-electron chi connectivity index (χ0n) is 19.2. The maximum absolute atomic E-state index is 13.8. The highest BCUT2D eigenvalue weighted by molar-refractivity contribution is 6.15. The van der Waals surface area contributed by atoms with Crippen molar-refractivity contribution < 1.29 is 28.8 Å². The molecule has 4 aromatic carbocycles. The Bertz CT molecular complexity index is 1630. The van der Waals surface area contributed by atoms with E-state index in [1.165, 1.54) is 6.92 Å². The molecule has 6 nitrogen and oxygen atoms in total. The number of hydrogen-bond donors (Lipinski definition) is 1. The summed E-state index contributed by atoms with van der Waals surface area (Å²) in [5.41, 5.74) is 2.84. The third-order valence-electron chi connectivity index (χ3n) is 6.18. The van der Waals surface area contributed by atoms with Crippen molar-refractivity contribution in [3.63, 3.8) is 0 Å². The van der Waals surface area contributed by atoms with Crippen molar-refractivity contribution in [1.29, 1.82) is 0 Å². The quantitative estimate of drug-likeness (QED) is 0.126. The van der Waals surface area contributed by atoms with Gasteiger partial charge in [-0.15, -0.1) is 0 Å². The van der Waals surface area contributed by atoms with E-state index in [0.29, 0.717) is 49.6 Å². The highest BCUT2D eigenvalue weighted by Crippen LogP contribution is 2.34. The van der Waals surface area contributed by atoms with E-state index in [2.05, 4.69) is 0 Å². The molecule has 0 unspecified atom stereocenters. The molecular formula is C29H22NO5+.